The fraction of sp³-hybridized carbons (Fsp3) is 0. The first-order chi connectivity index (χ1) is 26.8. The van der Waals surface area contributed by atoms with Gasteiger partial charge in [0.1, 0.15) is 0 Å². The first-order valence-electron chi connectivity index (χ1n) is 18.1. The van der Waals surface area contributed by atoms with Crippen LogP contribution >= 0.6 is 11.3 Å². The lowest BCUT2D eigenvalue weighted by molar-refractivity contribution is 1.15. The van der Waals surface area contributed by atoms with Gasteiger partial charge in [-0.2, -0.15) is 0 Å². The maximum absolute atomic E-state index is 5.16. The standard InChI is InChI=1S/C49H30N4S/c1-3-14-31(15-4-1)33-24-25-44-39(28-33)45-36-18-7-8-19-37(36)49-46(38-21-13-20-35(48(38)54-49)32-16-5-2-6-17-32)47(45)53(44)34-29-42(40-22-9-11-26-50-40)52-43(30-34)41-23-10-12-27-51-41/h1-30H. The molecular weight excluding hydrogens is 677 g/mol. The average molecular weight is 707 g/mol. The van der Waals surface area contributed by atoms with Crippen LogP contribution in [-0.4, -0.2) is 19.5 Å². The molecule has 0 atom stereocenters. The van der Waals surface area contributed by atoms with E-state index in [4.69, 9.17) is 15.0 Å². The van der Waals surface area contributed by atoms with Crippen LogP contribution in [0.5, 0.6) is 0 Å². The Morgan fingerprint density at radius 3 is 1.72 bits per heavy atom. The van der Waals surface area contributed by atoms with E-state index < -0.39 is 0 Å². The molecule has 0 unspecified atom stereocenters. The van der Waals surface area contributed by atoms with Gasteiger partial charge in [0, 0.05) is 48.7 Å². The SMILES string of the molecule is c1ccc(-c2ccc3c(c2)c2c4ccccc4c4sc5c(-c6ccccc6)cccc5c4c2n3-c2cc(-c3ccccn3)nc(-c3ccccn3)c2)cc1. The molecular formula is C49H30N4S. The summed E-state index contributed by atoms with van der Waals surface area (Å²) < 4.78 is 5.04. The van der Waals surface area contributed by atoms with E-state index in [1.807, 2.05) is 60.1 Å². The minimum atomic E-state index is 0.795. The fourth-order valence-corrected chi connectivity index (χ4v) is 9.48. The van der Waals surface area contributed by atoms with Crippen molar-refractivity contribution in [3.8, 4) is 50.7 Å². The van der Waals surface area contributed by atoms with Gasteiger partial charge in [0.05, 0.1) is 39.5 Å². The number of benzene rings is 6. The average Bonchev–Trinajstić information content (AvgIpc) is 3.81. The number of hydrogen-bond acceptors (Lipinski definition) is 4. The Balaban J connectivity index is 1.35. The van der Waals surface area contributed by atoms with Crippen molar-refractivity contribution in [1.82, 2.24) is 19.5 Å². The van der Waals surface area contributed by atoms with Crippen LogP contribution in [0.25, 0.3) is 103 Å². The highest BCUT2D eigenvalue weighted by atomic mass is 32.1. The lowest BCUT2D eigenvalue weighted by Gasteiger charge is -2.14. The van der Waals surface area contributed by atoms with E-state index in [0.29, 0.717) is 0 Å². The highest BCUT2D eigenvalue weighted by Crippen LogP contribution is 2.50. The minimum Gasteiger partial charge on any atom is -0.308 e. The topological polar surface area (TPSA) is 43.6 Å². The van der Waals surface area contributed by atoms with Gasteiger partial charge in [-0.1, -0.05) is 121 Å². The Kier molecular flexibility index (Phi) is 7.00. The van der Waals surface area contributed by atoms with Gasteiger partial charge in [-0.25, -0.2) is 4.98 Å². The number of hydrogen-bond donors (Lipinski definition) is 0. The maximum atomic E-state index is 5.16. The summed E-state index contributed by atoms with van der Waals surface area (Å²) in [6, 6.07) is 60.4. The molecule has 0 N–H and O–H groups in total. The highest BCUT2D eigenvalue weighted by molar-refractivity contribution is 7.27. The fourth-order valence-electron chi connectivity index (χ4n) is 8.10. The predicted octanol–water partition coefficient (Wildman–Crippen LogP) is 13.2. The van der Waals surface area contributed by atoms with Crippen LogP contribution in [0.1, 0.15) is 0 Å². The monoisotopic (exact) mass is 706 g/mol. The van der Waals surface area contributed by atoms with Crippen molar-refractivity contribution in [2.45, 2.75) is 0 Å². The van der Waals surface area contributed by atoms with E-state index in [2.05, 4.69) is 138 Å². The molecule has 11 aromatic rings. The van der Waals surface area contributed by atoms with Crippen molar-refractivity contribution < 1.29 is 0 Å². The molecule has 252 valence electrons. The summed E-state index contributed by atoms with van der Waals surface area (Å²) in [4.78, 5) is 14.7. The summed E-state index contributed by atoms with van der Waals surface area (Å²) in [5.74, 6) is 0. The molecule has 5 heterocycles. The van der Waals surface area contributed by atoms with Crippen molar-refractivity contribution in [3.63, 3.8) is 0 Å². The summed E-state index contributed by atoms with van der Waals surface area (Å²) in [6.07, 6.45) is 3.65. The molecule has 0 amide bonds. The molecule has 0 radical (unpaired) electrons. The van der Waals surface area contributed by atoms with Crippen molar-refractivity contribution >= 4 is 64.1 Å². The van der Waals surface area contributed by atoms with Crippen LogP contribution in [0.3, 0.4) is 0 Å². The maximum Gasteiger partial charge on any atom is 0.0915 e. The molecule has 0 aliphatic rings. The molecule has 0 aliphatic carbocycles. The van der Waals surface area contributed by atoms with Crippen molar-refractivity contribution in [2.75, 3.05) is 0 Å². The van der Waals surface area contributed by atoms with Crippen LogP contribution in [0.15, 0.2) is 182 Å². The molecule has 4 nitrogen and oxygen atoms in total. The van der Waals surface area contributed by atoms with Crippen LogP contribution in [0, 0.1) is 0 Å². The van der Waals surface area contributed by atoms with Crippen molar-refractivity contribution in [3.05, 3.63) is 182 Å². The third kappa shape index (κ3) is 4.79. The largest absolute Gasteiger partial charge is 0.308 e. The quantitative estimate of drug-likeness (QED) is 0.179. The van der Waals surface area contributed by atoms with Crippen LogP contribution in [-0.2, 0) is 0 Å². The van der Waals surface area contributed by atoms with E-state index in [-0.39, 0.29) is 0 Å². The normalized spacial score (nSPS) is 11.7. The third-order valence-corrected chi connectivity index (χ3v) is 11.7. The molecule has 6 aromatic carbocycles. The van der Waals surface area contributed by atoms with Crippen LogP contribution in [0.2, 0.25) is 0 Å². The number of pyridine rings is 3. The van der Waals surface area contributed by atoms with Gasteiger partial charge >= 0.3 is 0 Å². The summed E-state index contributed by atoms with van der Waals surface area (Å²) in [7, 11) is 0. The Hall–Kier alpha value is -6.95. The molecule has 5 aromatic heterocycles. The number of aromatic nitrogens is 4. The smallest absolute Gasteiger partial charge is 0.0915 e. The van der Waals surface area contributed by atoms with Crippen molar-refractivity contribution in [1.29, 1.82) is 0 Å². The molecule has 0 saturated carbocycles. The van der Waals surface area contributed by atoms with Crippen LogP contribution < -0.4 is 0 Å². The third-order valence-electron chi connectivity index (χ3n) is 10.5. The summed E-state index contributed by atoms with van der Waals surface area (Å²) >= 11 is 1.90. The minimum absolute atomic E-state index is 0.795. The van der Waals surface area contributed by atoms with E-state index in [9.17, 15) is 0 Å². The Bertz CT molecular complexity index is 3130. The van der Waals surface area contributed by atoms with E-state index in [0.717, 1.165) is 34.0 Å². The summed E-state index contributed by atoms with van der Waals surface area (Å²) in [6.45, 7) is 0. The van der Waals surface area contributed by atoms with Gasteiger partial charge in [-0.15, -0.1) is 11.3 Å². The zero-order valence-electron chi connectivity index (χ0n) is 29.0. The van der Waals surface area contributed by atoms with Crippen molar-refractivity contribution in [2.24, 2.45) is 0 Å². The molecule has 0 bridgehead atoms. The zero-order valence-corrected chi connectivity index (χ0v) is 29.8. The van der Waals surface area contributed by atoms with Gasteiger partial charge in [0.15, 0.2) is 0 Å². The first kappa shape index (κ1) is 30.7. The molecule has 5 heteroatoms. The first-order valence-corrected chi connectivity index (χ1v) is 18.9. The molecule has 0 spiro atoms. The highest BCUT2D eigenvalue weighted by Gasteiger charge is 2.24. The van der Waals surface area contributed by atoms with E-state index in [1.54, 1.807) is 0 Å². The number of thiophene rings is 1. The zero-order chi connectivity index (χ0) is 35.6. The van der Waals surface area contributed by atoms with E-state index >= 15 is 0 Å². The van der Waals surface area contributed by atoms with Gasteiger partial charge in [-0.3, -0.25) is 9.97 Å². The lowest BCUT2D eigenvalue weighted by Crippen LogP contribution is -2.00. The molecule has 11 rings (SSSR count). The predicted molar refractivity (Wildman–Crippen MR) is 226 cm³/mol. The number of rotatable bonds is 5. The molecule has 0 aliphatic heterocycles. The van der Waals surface area contributed by atoms with Gasteiger partial charge in [0.2, 0.25) is 0 Å². The second-order valence-electron chi connectivity index (χ2n) is 13.6. The number of nitrogens with zero attached hydrogens (tertiary/aromatic N) is 4. The molecule has 0 saturated heterocycles. The van der Waals surface area contributed by atoms with E-state index in [1.165, 1.54) is 69.5 Å². The lowest BCUT2D eigenvalue weighted by atomic mass is 9.97. The molecule has 54 heavy (non-hydrogen) atoms. The molecule has 0 fully saturated rings. The van der Waals surface area contributed by atoms with Gasteiger partial charge in [-0.05, 0) is 76.2 Å². The Morgan fingerprint density at radius 1 is 0.407 bits per heavy atom. The Morgan fingerprint density at radius 2 is 1.04 bits per heavy atom. The number of fused-ring (bicyclic) bond motifs is 10. The van der Waals surface area contributed by atoms with Crippen LogP contribution in [0.4, 0.5) is 0 Å². The van der Waals surface area contributed by atoms with Gasteiger partial charge in [0.25, 0.3) is 0 Å². The van der Waals surface area contributed by atoms with Gasteiger partial charge < -0.3 is 4.57 Å². The Labute approximate surface area is 315 Å². The second kappa shape index (κ2) is 12.3. The summed E-state index contributed by atoms with van der Waals surface area (Å²) in [5.41, 5.74) is 11.4. The second-order valence-corrected chi connectivity index (χ2v) is 14.6. The summed E-state index contributed by atoms with van der Waals surface area (Å²) in [5, 5.41) is 7.47.